The molecule has 1 aromatic rings. The average molecular weight is 392 g/mol. The molecule has 0 aliphatic carbocycles. The Labute approximate surface area is 165 Å². The minimum absolute atomic E-state index is 0.0946. The number of nitrogens with zero attached hydrogens (tertiary/aromatic N) is 1. The van der Waals surface area contributed by atoms with E-state index in [1.807, 2.05) is 36.9 Å². The number of fused-ring (bicyclic) bond motifs is 2. The van der Waals surface area contributed by atoms with Crippen molar-refractivity contribution in [1.29, 1.82) is 0 Å². The van der Waals surface area contributed by atoms with Gasteiger partial charge in [-0.05, 0) is 57.4 Å². The van der Waals surface area contributed by atoms with E-state index in [1.54, 1.807) is 0 Å². The van der Waals surface area contributed by atoms with E-state index in [2.05, 4.69) is 23.8 Å². The molecule has 5 nitrogen and oxygen atoms in total. The van der Waals surface area contributed by atoms with Crippen LogP contribution in [0.15, 0.2) is 30.3 Å². The number of carbonyl (C=O) groups is 1. The Balaban J connectivity index is 1.77. The van der Waals surface area contributed by atoms with E-state index in [4.69, 9.17) is 4.74 Å². The molecule has 27 heavy (non-hydrogen) atoms. The van der Waals surface area contributed by atoms with Crippen LogP contribution < -0.4 is 4.72 Å². The van der Waals surface area contributed by atoms with Crippen LogP contribution in [0, 0.1) is 12.8 Å². The molecule has 0 radical (unpaired) electrons. The van der Waals surface area contributed by atoms with Crippen molar-refractivity contribution in [3.63, 3.8) is 0 Å². The van der Waals surface area contributed by atoms with Gasteiger partial charge < -0.3 is 9.64 Å². The van der Waals surface area contributed by atoms with Gasteiger partial charge in [0, 0.05) is 18.1 Å². The number of methoxy groups -OCH3 is 1. The fourth-order valence-corrected chi connectivity index (χ4v) is 5.29. The van der Waals surface area contributed by atoms with Crippen LogP contribution in [-0.4, -0.2) is 45.2 Å². The highest BCUT2D eigenvalue weighted by atomic mass is 32.2. The molecule has 6 heteroatoms. The molecule has 148 valence electrons. The Kier molecular flexibility index (Phi) is 6.16. The standard InChI is InChI=1S/C21H31N2O3S/c1-21(2,3)27(25)22-19(12-15-8-6-5-7-9-15)16-13-17-10-11-18(14-16)23(17)20(24)26-4/h5-9,16-19,22H,1,10-14H2,2-4H3/q+1/t16?,17-,18+,19-,27+/m1/s1. The molecular weight excluding hydrogens is 360 g/mol. The lowest BCUT2D eigenvalue weighted by Gasteiger charge is -2.41. The van der Waals surface area contributed by atoms with Gasteiger partial charge in [-0.15, -0.1) is 0 Å². The van der Waals surface area contributed by atoms with Gasteiger partial charge in [0.25, 0.3) is 0 Å². The molecule has 5 atom stereocenters. The summed E-state index contributed by atoms with van der Waals surface area (Å²) in [5, 5.41) is 0. The van der Waals surface area contributed by atoms with Crippen molar-refractivity contribution in [3.05, 3.63) is 42.8 Å². The zero-order valence-electron chi connectivity index (χ0n) is 16.5. The van der Waals surface area contributed by atoms with Gasteiger partial charge in [0.15, 0.2) is 4.75 Å². The lowest BCUT2D eigenvalue weighted by atomic mass is 9.83. The third-order valence-electron chi connectivity index (χ3n) is 5.78. The van der Waals surface area contributed by atoms with Gasteiger partial charge in [-0.3, -0.25) is 0 Å². The maximum Gasteiger partial charge on any atom is 0.409 e. The van der Waals surface area contributed by atoms with Crippen molar-refractivity contribution in [1.82, 2.24) is 9.62 Å². The lowest BCUT2D eigenvalue weighted by Crippen LogP contribution is -2.52. The number of ether oxygens (including phenoxy) is 1. The monoisotopic (exact) mass is 391 g/mol. The van der Waals surface area contributed by atoms with E-state index < -0.39 is 15.7 Å². The van der Waals surface area contributed by atoms with Gasteiger partial charge >= 0.3 is 6.09 Å². The minimum Gasteiger partial charge on any atom is -0.453 e. The molecule has 2 heterocycles. The molecule has 0 spiro atoms. The molecule has 3 rings (SSSR count). The van der Waals surface area contributed by atoms with Crippen molar-refractivity contribution < 1.29 is 13.7 Å². The van der Waals surface area contributed by atoms with Crippen LogP contribution in [0.3, 0.4) is 0 Å². The molecule has 0 saturated carbocycles. The van der Waals surface area contributed by atoms with Crippen LogP contribution >= 0.6 is 0 Å². The number of piperidine rings is 1. The van der Waals surface area contributed by atoms with E-state index in [0.29, 0.717) is 5.92 Å². The molecule has 2 fully saturated rings. The lowest BCUT2D eigenvalue weighted by molar-refractivity contribution is 0.0651. The van der Waals surface area contributed by atoms with Gasteiger partial charge in [-0.25, -0.2) is 13.7 Å². The fraction of sp³-hybridized carbons (Fsp3) is 0.619. The molecule has 2 bridgehead atoms. The molecule has 2 saturated heterocycles. The first-order valence-electron chi connectivity index (χ1n) is 9.73. The second kappa shape index (κ2) is 8.23. The van der Waals surface area contributed by atoms with E-state index in [9.17, 15) is 9.00 Å². The number of amides is 1. The zero-order chi connectivity index (χ0) is 19.6. The number of rotatable bonds is 6. The fourth-order valence-electron chi connectivity index (χ4n) is 4.42. The van der Waals surface area contributed by atoms with Crippen LogP contribution in [0.2, 0.25) is 0 Å². The van der Waals surface area contributed by atoms with E-state index in [0.717, 1.165) is 32.1 Å². The zero-order valence-corrected chi connectivity index (χ0v) is 17.3. The third-order valence-corrected chi connectivity index (χ3v) is 7.30. The summed E-state index contributed by atoms with van der Waals surface area (Å²) >= 11 is 0. The van der Waals surface area contributed by atoms with Crippen molar-refractivity contribution in [2.24, 2.45) is 5.92 Å². The van der Waals surface area contributed by atoms with Crippen molar-refractivity contribution in [2.75, 3.05) is 7.11 Å². The van der Waals surface area contributed by atoms with Crippen LogP contribution in [0.4, 0.5) is 4.79 Å². The van der Waals surface area contributed by atoms with Crippen LogP contribution in [-0.2, 0) is 22.1 Å². The summed E-state index contributed by atoms with van der Waals surface area (Å²) in [5.74, 6) is 0.370. The molecule has 2 aliphatic heterocycles. The Hall–Kier alpha value is -1.53. The molecule has 1 unspecified atom stereocenters. The van der Waals surface area contributed by atoms with Gasteiger partial charge in [-0.1, -0.05) is 30.3 Å². The molecule has 2 aliphatic rings. The topological polar surface area (TPSA) is 58.6 Å². The Bertz CT molecular complexity index is 660. The second-order valence-electron chi connectivity index (χ2n) is 8.44. The number of benzene rings is 1. The number of nitrogens with one attached hydrogen (secondary N) is 1. The highest BCUT2D eigenvalue weighted by Gasteiger charge is 2.46. The van der Waals surface area contributed by atoms with Crippen LogP contribution in [0.5, 0.6) is 0 Å². The van der Waals surface area contributed by atoms with Gasteiger partial charge in [-0.2, -0.15) is 0 Å². The highest BCUT2D eigenvalue weighted by Crippen LogP contribution is 2.41. The van der Waals surface area contributed by atoms with Crippen molar-refractivity contribution in [2.45, 2.75) is 68.8 Å². The largest absolute Gasteiger partial charge is 0.453 e. The maximum absolute atomic E-state index is 12.8. The summed E-state index contributed by atoms with van der Waals surface area (Å²) in [6.45, 7) is 7.81. The second-order valence-corrected chi connectivity index (χ2v) is 10.3. The van der Waals surface area contributed by atoms with Crippen molar-refractivity contribution in [3.8, 4) is 0 Å². The molecule has 0 aromatic heterocycles. The Morgan fingerprint density at radius 2 is 1.89 bits per heavy atom. The van der Waals surface area contributed by atoms with Crippen molar-refractivity contribution >= 4 is 17.1 Å². The highest BCUT2D eigenvalue weighted by molar-refractivity contribution is 7.84. The number of carbonyl (C=O) groups excluding carboxylic acids is 1. The number of hydrogen-bond donors (Lipinski definition) is 1. The minimum atomic E-state index is -1.23. The molecule has 1 N–H and O–H groups in total. The molecular formula is C21H31N2O3S+. The Morgan fingerprint density at radius 1 is 1.30 bits per heavy atom. The van der Waals surface area contributed by atoms with Gasteiger partial charge in [0.1, 0.15) is 11.0 Å². The maximum atomic E-state index is 12.8. The summed E-state index contributed by atoms with van der Waals surface area (Å²) < 4.78 is 20.6. The number of hydrogen-bond acceptors (Lipinski definition) is 3. The first-order valence-corrected chi connectivity index (χ1v) is 10.9. The third kappa shape index (κ3) is 4.66. The first kappa shape index (κ1) is 20.2. The summed E-state index contributed by atoms with van der Waals surface area (Å²) in [6.07, 6.45) is 4.51. The quantitative estimate of drug-likeness (QED) is 0.756. The predicted octanol–water partition coefficient (Wildman–Crippen LogP) is 3.47. The average Bonchev–Trinajstić information content (AvgIpc) is 2.90. The van der Waals surface area contributed by atoms with Crippen LogP contribution in [0.25, 0.3) is 0 Å². The SMILES string of the molecule is [CH2+]C(C)(C)[S@](=O)N[C@H](Cc1ccccc1)C1C[C@H]2CC[C@@H](C1)N2C(=O)OC. The van der Waals surface area contributed by atoms with Crippen LogP contribution in [0.1, 0.15) is 45.1 Å². The first-order chi connectivity index (χ1) is 12.8. The van der Waals surface area contributed by atoms with Gasteiger partial charge in [0.05, 0.1) is 14.0 Å². The summed E-state index contributed by atoms with van der Waals surface area (Å²) in [5.41, 5.74) is 1.23. The smallest absolute Gasteiger partial charge is 0.409 e. The van der Waals surface area contributed by atoms with Gasteiger partial charge in [0.2, 0.25) is 0 Å². The summed E-state index contributed by atoms with van der Waals surface area (Å²) in [6, 6.07) is 10.9. The van der Waals surface area contributed by atoms with E-state index in [1.165, 1.54) is 12.7 Å². The molecule has 1 aromatic carbocycles. The Morgan fingerprint density at radius 3 is 2.41 bits per heavy atom. The predicted molar refractivity (Wildman–Crippen MR) is 108 cm³/mol. The summed E-state index contributed by atoms with van der Waals surface area (Å²) in [4.78, 5) is 14.1. The molecule has 1 amide bonds. The normalized spacial score (nSPS) is 27.2. The van der Waals surface area contributed by atoms with E-state index in [-0.39, 0.29) is 24.2 Å². The van der Waals surface area contributed by atoms with E-state index >= 15 is 0 Å². The summed E-state index contributed by atoms with van der Waals surface area (Å²) in [7, 11) is 0.221.